The maximum absolute atomic E-state index is 8.38. The molecule has 2 rings (SSSR count). The highest BCUT2D eigenvalue weighted by molar-refractivity contribution is 5.27. The fourth-order valence-corrected chi connectivity index (χ4v) is 2.07. The summed E-state index contributed by atoms with van der Waals surface area (Å²) < 4.78 is 0. The highest BCUT2D eigenvalue weighted by atomic mass is 14.3. The molecule has 1 nitrogen and oxygen atoms in total. The normalized spacial score (nSPS) is 36.5. The molecule has 0 radical (unpaired) electrons. The van der Waals surface area contributed by atoms with Crippen molar-refractivity contribution in [2.24, 2.45) is 11.8 Å². The summed E-state index contributed by atoms with van der Waals surface area (Å²) in [6, 6.07) is 2.15. The van der Waals surface area contributed by atoms with Gasteiger partial charge in [-0.15, -0.1) is 0 Å². The average Bonchev–Trinajstić information content (AvgIpc) is 2.60. The van der Waals surface area contributed by atoms with Crippen LogP contribution in [0.4, 0.5) is 0 Å². The Kier molecular flexibility index (Phi) is 1.54. The van der Waals surface area contributed by atoms with Crippen LogP contribution in [-0.2, 0) is 0 Å². The third kappa shape index (κ3) is 1.09. The van der Waals surface area contributed by atoms with Crippen LogP contribution >= 0.6 is 0 Å². The van der Waals surface area contributed by atoms with E-state index in [9.17, 15) is 0 Å². The van der Waals surface area contributed by atoms with E-state index < -0.39 is 0 Å². The van der Waals surface area contributed by atoms with E-state index in [4.69, 9.17) is 5.26 Å². The quantitative estimate of drug-likeness (QED) is 0.520. The standard InChI is InChI=1S/C10H11N/c11-5-1-2-9-6-8-3-4-10(9)7-8/h2-4,8,10H,1,6-7H2/b9-2+/t8-,10+/m1/s1. The van der Waals surface area contributed by atoms with Crippen molar-refractivity contribution in [3.8, 4) is 6.07 Å². The van der Waals surface area contributed by atoms with E-state index in [1.54, 1.807) is 0 Å². The van der Waals surface area contributed by atoms with Crippen molar-refractivity contribution >= 4 is 0 Å². The van der Waals surface area contributed by atoms with Gasteiger partial charge in [0.15, 0.2) is 0 Å². The summed E-state index contributed by atoms with van der Waals surface area (Å²) in [6.07, 6.45) is 9.81. The minimum atomic E-state index is 0.590. The molecule has 0 unspecified atom stereocenters. The van der Waals surface area contributed by atoms with Crippen molar-refractivity contribution in [2.75, 3.05) is 0 Å². The second-order valence-corrected chi connectivity index (χ2v) is 3.33. The molecule has 11 heavy (non-hydrogen) atoms. The zero-order valence-electron chi connectivity index (χ0n) is 6.46. The fourth-order valence-electron chi connectivity index (χ4n) is 2.07. The number of hydrogen-bond donors (Lipinski definition) is 0. The minimum absolute atomic E-state index is 0.590. The van der Waals surface area contributed by atoms with E-state index in [1.165, 1.54) is 18.4 Å². The van der Waals surface area contributed by atoms with Gasteiger partial charge in [0.25, 0.3) is 0 Å². The minimum Gasteiger partial charge on any atom is -0.198 e. The summed E-state index contributed by atoms with van der Waals surface area (Å²) in [6.45, 7) is 0. The first-order valence-corrected chi connectivity index (χ1v) is 4.14. The Balaban J connectivity index is 2.09. The second kappa shape index (κ2) is 2.54. The molecule has 0 amide bonds. The zero-order valence-corrected chi connectivity index (χ0v) is 6.46. The van der Waals surface area contributed by atoms with Crippen LogP contribution in [0.2, 0.25) is 0 Å². The van der Waals surface area contributed by atoms with E-state index >= 15 is 0 Å². The number of fused-ring (bicyclic) bond motifs is 2. The first-order chi connectivity index (χ1) is 5.40. The van der Waals surface area contributed by atoms with Gasteiger partial charge < -0.3 is 0 Å². The summed E-state index contributed by atoms with van der Waals surface area (Å²) >= 11 is 0. The first kappa shape index (κ1) is 6.67. The van der Waals surface area contributed by atoms with E-state index in [0.29, 0.717) is 12.3 Å². The first-order valence-electron chi connectivity index (χ1n) is 4.14. The van der Waals surface area contributed by atoms with E-state index in [2.05, 4.69) is 24.3 Å². The van der Waals surface area contributed by atoms with E-state index in [1.807, 2.05) is 0 Å². The van der Waals surface area contributed by atoms with Crippen LogP contribution in [0.25, 0.3) is 0 Å². The van der Waals surface area contributed by atoms with Crippen molar-refractivity contribution < 1.29 is 0 Å². The number of nitrogens with zero attached hydrogens (tertiary/aromatic N) is 1. The molecule has 0 aliphatic heterocycles. The molecular weight excluding hydrogens is 134 g/mol. The molecule has 1 saturated carbocycles. The Bertz CT molecular complexity index is 255. The summed E-state index contributed by atoms with van der Waals surface area (Å²) in [5.41, 5.74) is 1.50. The van der Waals surface area contributed by atoms with Crippen LogP contribution in [-0.4, -0.2) is 0 Å². The van der Waals surface area contributed by atoms with Gasteiger partial charge in [0.2, 0.25) is 0 Å². The predicted octanol–water partition coefficient (Wildman–Crippen LogP) is 2.42. The molecule has 0 saturated heterocycles. The topological polar surface area (TPSA) is 23.8 Å². The van der Waals surface area contributed by atoms with Gasteiger partial charge >= 0.3 is 0 Å². The summed E-state index contributed by atoms with van der Waals surface area (Å²) in [5.74, 6) is 1.48. The summed E-state index contributed by atoms with van der Waals surface area (Å²) in [7, 11) is 0. The second-order valence-electron chi connectivity index (χ2n) is 3.33. The predicted molar refractivity (Wildman–Crippen MR) is 43.7 cm³/mol. The molecule has 2 bridgehead atoms. The lowest BCUT2D eigenvalue weighted by Crippen LogP contribution is -1.91. The Morgan fingerprint density at radius 2 is 2.55 bits per heavy atom. The smallest absolute Gasteiger partial charge is 0.0663 e. The third-order valence-corrected chi connectivity index (χ3v) is 2.60. The van der Waals surface area contributed by atoms with E-state index in [-0.39, 0.29) is 0 Å². The third-order valence-electron chi connectivity index (χ3n) is 2.60. The van der Waals surface area contributed by atoms with Gasteiger partial charge in [-0.3, -0.25) is 0 Å². The largest absolute Gasteiger partial charge is 0.198 e. The Morgan fingerprint density at radius 3 is 3.09 bits per heavy atom. The molecule has 2 atom stereocenters. The molecular formula is C10H11N. The monoisotopic (exact) mass is 145 g/mol. The molecule has 0 aromatic carbocycles. The molecule has 0 N–H and O–H groups in total. The van der Waals surface area contributed by atoms with Crippen LogP contribution in [0.5, 0.6) is 0 Å². The van der Waals surface area contributed by atoms with Crippen LogP contribution in [0.15, 0.2) is 23.8 Å². The van der Waals surface area contributed by atoms with Crippen LogP contribution in [0.3, 0.4) is 0 Å². The fraction of sp³-hybridized carbons (Fsp3) is 0.500. The average molecular weight is 145 g/mol. The van der Waals surface area contributed by atoms with Gasteiger partial charge in [0, 0.05) is 0 Å². The molecule has 56 valence electrons. The zero-order chi connectivity index (χ0) is 7.68. The highest BCUT2D eigenvalue weighted by Gasteiger charge is 2.29. The lowest BCUT2D eigenvalue weighted by atomic mass is 10.00. The Hall–Kier alpha value is -1.03. The highest BCUT2D eigenvalue weighted by Crippen LogP contribution is 2.42. The van der Waals surface area contributed by atoms with Crippen molar-refractivity contribution in [2.45, 2.75) is 19.3 Å². The van der Waals surface area contributed by atoms with Crippen LogP contribution < -0.4 is 0 Å². The number of hydrogen-bond acceptors (Lipinski definition) is 1. The molecule has 0 heterocycles. The maximum Gasteiger partial charge on any atom is 0.0663 e. The lowest BCUT2D eigenvalue weighted by Gasteiger charge is -2.05. The van der Waals surface area contributed by atoms with Crippen molar-refractivity contribution in [3.63, 3.8) is 0 Å². The lowest BCUT2D eigenvalue weighted by molar-refractivity contribution is 0.693. The molecule has 1 heteroatoms. The van der Waals surface area contributed by atoms with Gasteiger partial charge in [-0.25, -0.2) is 0 Å². The van der Waals surface area contributed by atoms with Crippen molar-refractivity contribution in [1.29, 1.82) is 5.26 Å². The molecule has 0 spiro atoms. The van der Waals surface area contributed by atoms with Crippen LogP contribution in [0, 0.1) is 23.2 Å². The van der Waals surface area contributed by atoms with Crippen molar-refractivity contribution in [1.82, 2.24) is 0 Å². The van der Waals surface area contributed by atoms with E-state index in [0.717, 1.165) is 5.92 Å². The van der Waals surface area contributed by atoms with Gasteiger partial charge in [-0.2, -0.15) is 5.26 Å². The number of rotatable bonds is 1. The Morgan fingerprint density at radius 1 is 1.64 bits per heavy atom. The van der Waals surface area contributed by atoms with Gasteiger partial charge in [-0.05, 0) is 24.7 Å². The van der Waals surface area contributed by atoms with Crippen molar-refractivity contribution in [3.05, 3.63) is 23.8 Å². The number of nitriles is 1. The molecule has 0 aromatic rings. The SMILES string of the molecule is N#CC/C=C1\C[C@H]2C=C[C@H]1C2. The number of allylic oxidation sites excluding steroid dienone is 4. The molecule has 1 fully saturated rings. The molecule has 2 aliphatic rings. The van der Waals surface area contributed by atoms with Gasteiger partial charge in [0.05, 0.1) is 12.5 Å². The van der Waals surface area contributed by atoms with Crippen LogP contribution in [0.1, 0.15) is 19.3 Å². The molecule has 0 aromatic heterocycles. The van der Waals surface area contributed by atoms with Gasteiger partial charge in [-0.1, -0.05) is 23.8 Å². The summed E-state index contributed by atoms with van der Waals surface area (Å²) in [5, 5.41) is 8.38. The van der Waals surface area contributed by atoms with Gasteiger partial charge in [0.1, 0.15) is 0 Å². The molecule has 2 aliphatic carbocycles. The summed E-state index contributed by atoms with van der Waals surface area (Å²) in [4.78, 5) is 0. The maximum atomic E-state index is 8.38. The Labute approximate surface area is 67.0 Å².